The second-order valence-electron chi connectivity index (χ2n) is 4.91. The van der Waals surface area contributed by atoms with Crippen molar-refractivity contribution in [3.63, 3.8) is 0 Å². The van der Waals surface area contributed by atoms with Crippen LogP contribution < -0.4 is 5.73 Å². The molecule has 0 aromatic rings. The normalized spacial score (nSPS) is 57.3. The molecule has 2 aliphatic carbocycles. The van der Waals surface area contributed by atoms with Crippen LogP contribution in [0.5, 0.6) is 0 Å². The minimum atomic E-state index is 0.0694. The van der Waals surface area contributed by atoms with Crippen molar-refractivity contribution in [3.05, 3.63) is 0 Å². The summed E-state index contributed by atoms with van der Waals surface area (Å²) in [6, 6.07) is 0. The Kier molecular flexibility index (Phi) is 0.807. The van der Waals surface area contributed by atoms with Crippen molar-refractivity contribution < 1.29 is 4.74 Å². The minimum Gasteiger partial charge on any atom is -0.367 e. The first kappa shape index (κ1) is 6.44. The molecule has 4 aliphatic rings. The van der Waals surface area contributed by atoms with Crippen LogP contribution in [-0.4, -0.2) is 16.7 Å². The van der Waals surface area contributed by atoms with Gasteiger partial charge in [0.2, 0.25) is 0 Å². The molecule has 2 bridgehead atoms. The highest BCUT2D eigenvalue weighted by Crippen LogP contribution is 2.65. The van der Waals surface area contributed by atoms with Crippen LogP contribution in [0.3, 0.4) is 0 Å². The van der Waals surface area contributed by atoms with Gasteiger partial charge in [-0.2, -0.15) is 0 Å². The zero-order valence-electron chi connectivity index (χ0n) is 7.02. The van der Waals surface area contributed by atoms with Crippen molar-refractivity contribution in [3.8, 4) is 0 Å². The van der Waals surface area contributed by atoms with Crippen molar-refractivity contribution >= 4 is 0 Å². The van der Waals surface area contributed by atoms with Crippen LogP contribution in [0.15, 0.2) is 0 Å². The molecule has 0 atom stereocenters. The van der Waals surface area contributed by atoms with Gasteiger partial charge in [-0.25, -0.2) is 0 Å². The summed E-state index contributed by atoms with van der Waals surface area (Å²) in [5.74, 6) is 0. The second-order valence-corrected chi connectivity index (χ2v) is 4.91. The van der Waals surface area contributed by atoms with E-state index in [1.54, 1.807) is 0 Å². The van der Waals surface area contributed by atoms with E-state index in [2.05, 4.69) is 6.92 Å². The lowest BCUT2D eigenvalue weighted by Crippen LogP contribution is -2.63. The molecule has 2 heteroatoms. The molecular weight excluding hydrogens is 138 g/mol. The van der Waals surface area contributed by atoms with Gasteiger partial charge in [-0.1, -0.05) is 0 Å². The standard InChI is InChI=1S/C9H15NO/c1-7-5-8(10,6-7)9(11-7)3-2-4-9/h2-6,10H2,1H3. The summed E-state index contributed by atoms with van der Waals surface area (Å²) in [6.07, 6.45) is 5.92. The molecule has 0 amide bonds. The smallest absolute Gasteiger partial charge is 0.0870 e. The lowest BCUT2D eigenvalue weighted by atomic mass is 9.57. The zero-order chi connectivity index (χ0) is 7.74. The van der Waals surface area contributed by atoms with Crippen molar-refractivity contribution in [1.82, 2.24) is 0 Å². The van der Waals surface area contributed by atoms with Gasteiger partial charge in [-0.05, 0) is 39.0 Å². The van der Waals surface area contributed by atoms with E-state index >= 15 is 0 Å². The van der Waals surface area contributed by atoms with Gasteiger partial charge in [0.25, 0.3) is 0 Å². The summed E-state index contributed by atoms with van der Waals surface area (Å²) in [5, 5.41) is 0. The molecule has 62 valence electrons. The van der Waals surface area contributed by atoms with Gasteiger partial charge in [0.05, 0.1) is 16.7 Å². The molecule has 4 rings (SSSR count). The van der Waals surface area contributed by atoms with Crippen LogP contribution in [0.2, 0.25) is 0 Å². The Hall–Kier alpha value is -0.0800. The first-order valence-electron chi connectivity index (χ1n) is 4.57. The maximum atomic E-state index is 6.24. The third kappa shape index (κ3) is 0.510. The van der Waals surface area contributed by atoms with Crippen LogP contribution in [0.1, 0.15) is 39.0 Å². The number of nitrogens with two attached hydrogens (primary N) is 1. The largest absolute Gasteiger partial charge is 0.367 e. The van der Waals surface area contributed by atoms with E-state index in [1.165, 1.54) is 19.3 Å². The summed E-state index contributed by atoms with van der Waals surface area (Å²) in [6.45, 7) is 2.20. The first-order chi connectivity index (χ1) is 5.08. The van der Waals surface area contributed by atoms with E-state index in [0.717, 1.165) is 12.8 Å². The van der Waals surface area contributed by atoms with E-state index in [9.17, 15) is 0 Å². The van der Waals surface area contributed by atoms with Gasteiger partial charge in [-0.15, -0.1) is 0 Å². The Morgan fingerprint density at radius 1 is 1.27 bits per heavy atom. The molecular formula is C9H15NO. The van der Waals surface area contributed by atoms with Crippen molar-refractivity contribution in [2.24, 2.45) is 5.73 Å². The Labute approximate surface area is 67.1 Å². The van der Waals surface area contributed by atoms with Crippen LogP contribution in [0.4, 0.5) is 0 Å². The highest BCUT2D eigenvalue weighted by atomic mass is 16.5. The van der Waals surface area contributed by atoms with Crippen LogP contribution in [0, 0.1) is 0 Å². The Bertz CT molecular complexity index is 214. The summed E-state index contributed by atoms with van der Waals surface area (Å²) in [5.41, 5.74) is 6.60. The van der Waals surface area contributed by atoms with Gasteiger partial charge >= 0.3 is 0 Å². The number of rotatable bonds is 0. The third-order valence-corrected chi connectivity index (χ3v) is 3.89. The SMILES string of the molecule is CC12CC(N)(C1)C1(CCC1)O2. The molecule has 2 N–H and O–H groups in total. The van der Waals surface area contributed by atoms with Gasteiger partial charge in [0.1, 0.15) is 0 Å². The van der Waals surface area contributed by atoms with Gasteiger partial charge in [0, 0.05) is 0 Å². The van der Waals surface area contributed by atoms with Crippen molar-refractivity contribution in [1.29, 1.82) is 0 Å². The maximum Gasteiger partial charge on any atom is 0.0870 e. The van der Waals surface area contributed by atoms with Gasteiger partial charge in [-0.3, -0.25) is 0 Å². The first-order valence-corrected chi connectivity index (χ1v) is 4.57. The van der Waals surface area contributed by atoms with E-state index in [0.29, 0.717) is 0 Å². The molecule has 1 spiro atoms. The fraction of sp³-hybridized carbons (Fsp3) is 1.00. The fourth-order valence-electron chi connectivity index (χ4n) is 3.35. The predicted molar refractivity (Wildman–Crippen MR) is 42.2 cm³/mol. The molecule has 0 radical (unpaired) electrons. The van der Waals surface area contributed by atoms with Crippen molar-refractivity contribution in [2.75, 3.05) is 0 Å². The molecule has 0 aromatic carbocycles. The fourth-order valence-corrected chi connectivity index (χ4v) is 3.35. The third-order valence-electron chi connectivity index (χ3n) is 3.89. The van der Waals surface area contributed by atoms with Gasteiger partial charge in [0.15, 0.2) is 0 Å². The Morgan fingerprint density at radius 2 is 1.91 bits per heavy atom. The highest BCUT2D eigenvalue weighted by Gasteiger charge is 2.72. The summed E-state index contributed by atoms with van der Waals surface area (Å²) in [4.78, 5) is 0. The lowest BCUT2D eigenvalue weighted by Gasteiger charge is -2.48. The monoisotopic (exact) mass is 153 g/mol. The van der Waals surface area contributed by atoms with Crippen LogP contribution >= 0.6 is 0 Å². The topological polar surface area (TPSA) is 35.2 Å². The van der Waals surface area contributed by atoms with Gasteiger partial charge < -0.3 is 10.5 Å². The second kappa shape index (κ2) is 1.38. The lowest BCUT2D eigenvalue weighted by molar-refractivity contribution is -0.101. The molecule has 11 heavy (non-hydrogen) atoms. The predicted octanol–water partition coefficient (Wildman–Crippen LogP) is 1.19. The highest BCUT2D eigenvalue weighted by molar-refractivity contribution is 5.27. The average Bonchev–Trinajstić information content (AvgIpc) is 2.07. The van der Waals surface area contributed by atoms with Crippen molar-refractivity contribution in [2.45, 2.75) is 55.8 Å². The molecule has 2 heterocycles. The minimum absolute atomic E-state index is 0.0694. The Morgan fingerprint density at radius 3 is 2.09 bits per heavy atom. The molecule has 2 aliphatic heterocycles. The molecule has 2 saturated carbocycles. The Balaban J connectivity index is 1.99. The average molecular weight is 153 g/mol. The van der Waals surface area contributed by atoms with E-state index in [1.807, 2.05) is 0 Å². The van der Waals surface area contributed by atoms with Crippen LogP contribution in [0.25, 0.3) is 0 Å². The summed E-state index contributed by atoms with van der Waals surface area (Å²) < 4.78 is 6.02. The molecule has 2 nitrogen and oxygen atoms in total. The number of ether oxygens (including phenoxy) is 1. The summed E-state index contributed by atoms with van der Waals surface area (Å²) >= 11 is 0. The van der Waals surface area contributed by atoms with Crippen LogP contribution in [-0.2, 0) is 4.74 Å². The molecule has 4 fully saturated rings. The number of hydrogen-bond acceptors (Lipinski definition) is 2. The number of hydrogen-bond donors (Lipinski definition) is 1. The zero-order valence-corrected chi connectivity index (χ0v) is 7.02. The maximum absolute atomic E-state index is 6.24. The van der Waals surface area contributed by atoms with E-state index in [4.69, 9.17) is 10.5 Å². The molecule has 0 unspecified atom stereocenters. The quantitative estimate of drug-likeness (QED) is 0.567. The molecule has 2 saturated heterocycles. The van der Waals surface area contributed by atoms with E-state index < -0.39 is 0 Å². The summed E-state index contributed by atoms with van der Waals surface area (Å²) in [7, 11) is 0. The van der Waals surface area contributed by atoms with E-state index in [-0.39, 0.29) is 16.7 Å². The molecule has 0 aromatic heterocycles.